The zero-order valence-corrected chi connectivity index (χ0v) is 15.6. The number of H-pyrrole nitrogens is 1. The van der Waals surface area contributed by atoms with Crippen LogP contribution in [0.1, 0.15) is 12.8 Å². The number of hydrogen-bond acceptors (Lipinski definition) is 7. The zero-order valence-electron chi connectivity index (χ0n) is 14.7. The number of hydrogen-bond donors (Lipinski definition) is 2. The molecule has 3 heterocycles. The van der Waals surface area contributed by atoms with E-state index in [9.17, 15) is 13.5 Å². The van der Waals surface area contributed by atoms with Crippen LogP contribution in [0.4, 0.5) is 5.82 Å². The molecule has 2 fully saturated rings. The summed E-state index contributed by atoms with van der Waals surface area (Å²) < 4.78 is 28.7. The van der Waals surface area contributed by atoms with Gasteiger partial charge in [0, 0.05) is 32.4 Å². The standard InChI is InChI=1S/C16H21N7O3S/c17-4-6-22(9-10-24)27(25,26)23-8-7-21(11-16(23)2-3-16)15-13-1-5-18-14(13)19-12-20-15/h1,5,12,24H,2-3,6-11H2,(H,18,19,20). The highest BCUT2D eigenvalue weighted by molar-refractivity contribution is 7.86. The van der Waals surface area contributed by atoms with Gasteiger partial charge in [-0.2, -0.15) is 22.3 Å². The third-order valence-electron chi connectivity index (χ3n) is 5.25. The third kappa shape index (κ3) is 3.04. The average molecular weight is 391 g/mol. The molecule has 0 aromatic carbocycles. The Morgan fingerprint density at radius 1 is 1.37 bits per heavy atom. The molecule has 1 saturated carbocycles. The van der Waals surface area contributed by atoms with Gasteiger partial charge in [-0.15, -0.1) is 0 Å². The number of nitriles is 1. The summed E-state index contributed by atoms with van der Waals surface area (Å²) in [6.45, 7) is 0.684. The predicted molar refractivity (Wildman–Crippen MR) is 98.0 cm³/mol. The van der Waals surface area contributed by atoms with E-state index >= 15 is 0 Å². The van der Waals surface area contributed by atoms with Gasteiger partial charge in [0.05, 0.1) is 23.6 Å². The third-order valence-corrected chi connectivity index (χ3v) is 7.34. The summed E-state index contributed by atoms with van der Waals surface area (Å²) in [6, 6.07) is 3.80. The fourth-order valence-corrected chi connectivity index (χ4v) is 5.63. The molecule has 11 heteroatoms. The SMILES string of the molecule is N#CCN(CCO)S(=O)(=O)N1CCN(c2ncnc3[nH]ccc23)CC12CC2. The Bertz CT molecular complexity index is 979. The Labute approximate surface area is 157 Å². The highest BCUT2D eigenvalue weighted by Crippen LogP contribution is 2.47. The smallest absolute Gasteiger partial charge is 0.283 e. The minimum Gasteiger partial charge on any atom is -0.395 e. The Morgan fingerprint density at radius 2 is 2.19 bits per heavy atom. The molecule has 0 radical (unpaired) electrons. The quantitative estimate of drug-likeness (QED) is 0.645. The molecule has 1 aliphatic heterocycles. The van der Waals surface area contributed by atoms with Gasteiger partial charge in [0.15, 0.2) is 0 Å². The van der Waals surface area contributed by atoms with E-state index in [4.69, 9.17) is 5.26 Å². The Balaban J connectivity index is 1.60. The normalized spacial score (nSPS) is 19.7. The minimum atomic E-state index is -3.81. The van der Waals surface area contributed by atoms with Gasteiger partial charge in [-0.25, -0.2) is 9.97 Å². The van der Waals surface area contributed by atoms with Crippen molar-refractivity contribution in [3.05, 3.63) is 18.6 Å². The Hall–Kier alpha value is -2.26. The van der Waals surface area contributed by atoms with Gasteiger partial charge >= 0.3 is 0 Å². The van der Waals surface area contributed by atoms with Crippen molar-refractivity contribution in [2.45, 2.75) is 18.4 Å². The second-order valence-corrected chi connectivity index (χ2v) is 8.73. The van der Waals surface area contributed by atoms with Crippen molar-refractivity contribution in [1.82, 2.24) is 23.6 Å². The van der Waals surface area contributed by atoms with E-state index in [0.29, 0.717) is 19.6 Å². The fourth-order valence-electron chi connectivity index (χ4n) is 3.77. The van der Waals surface area contributed by atoms with Crippen molar-refractivity contribution in [3.8, 4) is 6.07 Å². The monoisotopic (exact) mass is 391 g/mol. The van der Waals surface area contributed by atoms with Crippen LogP contribution in [-0.4, -0.2) is 82.0 Å². The molecular formula is C16H21N7O3S. The van der Waals surface area contributed by atoms with Crippen LogP contribution in [0.15, 0.2) is 18.6 Å². The van der Waals surface area contributed by atoms with Crippen molar-refractivity contribution in [2.24, 2.45) is 0 Å². The van der Waals surface area contributed by atoms with Crippen molar-refractivity contribution in [1.29, 1.82) is 5.26 Å². The number of rotatable bonds is 6. The molecule has 1 aliphatic carbocycles. The number of aromatic nitrogens is 3. The van der Waals surface area contributed by atoms with Gasteiger partial charge in [-0.1, -0.05) is 0 Å². The summed E-state index contributed by atoms with van der Waals surface area (Å²) in [6.07, 6.45) is 4.85. The van der Waals surface area contributed by atoms with E-state index in [1.54, 1.807) is 0 Å². The highest BCUT2D eigenvalue weighted by atomic mass is 32.2. The minimum absolute atomic E-state index is 0.0813. The van der Waals surface area contributed by atoms with Crippen LogP contribution in [0.3, 0.4) is 0 Å². The van der Waals surface area contributed by atoms with Crippen LogP contribution >= 0.6 is 0 Å². The van der Waals surface area contributed by atoms with Crippen LogP contribution in [-0.2, 0) is 10.2 Å². The van der Waals surface area contributed by atoms with Crippen molar-refractivity contribution < 1.29 is 13.5 Å². The molecule has 1 saturated heterocycles. The summed E-state index contributed by atoms with van der Waals surface area (Å²) in [5, 5.41) is 19.1. The molecule has 2 aliphatic rings. The van der Waals surface area contributed by atoms with E-state index in [1.807, 2.05) is 18.3 Å². The number of piperazine rings is 1. The number of anilines is 1. The van der Waals surface area contributed by atoms with Crippen molar-refractivity contribution >= 4 is 27.1 Å². The van der Waals surface area contributed by atoms with E-state index in [0.717, 1.165) is 34.0 Å². The number of aromatic amines is 1. The molecule has 144 valence electrons. The summed E-state index contributed by atoms with van der Waals surface area (Å²) in [4.78, 5) is 13.8. The van der Waals surface area contributed by atoms with Crippen LogP contribution < -0.4 is 4.90 Å². The highest BCUT2D eigenvalue weighted by Gasteiger charge is 2.57. The molecule has 0 atom stereocenters. The second-order valence-electron chi connectivity index (χ2n) is 6.88. The van der Waals surface area contributed by atoms with Crippen LogP contribution in [0.25, 0.3) is 11.0 Å². The molecule has 2 aromatic rings. The predicted octanol–water partition coefficient (Wildman–Crippen LogP) is -0.325. The first kappa shape index (κ1) is 18.1. The number of nitrogens with one attached hydrogen (secondary N) is 1. The molecular weight excluding hydrogens is 370 g/mol. The second kappa shape index (κ2) is 6.72. The maximum Gasteiger partial charge on any atom is 0.283 e. The molecule has 4 rings (SSSR count). The van der Waals surface area contributed by atoms with Gasteiger partial charge in [0.1, 0.15) is 24.3 Å². The lowest BCUT2D eigenvalue weighted by molar-refractivity contribution is 0.225. The summed E-state index contributed by atoms with van der Waals surface area (Å²) in [5.41, 5.74) is 0.274. The topological polar surface area (TPSA) is 129 Å². The van der Waals surface area contributed by atoms with E-state index in [2.05, 4.69) is 19.9 Å². The van der Waals surface area contributed by atoms with Gasteiger partial charge in [0.2, 0.25) is 0 Å². The van der Waals surface area contributed by atoms with Crippen LogP contribution in [0, 0.1) is 11.3 Å². The van der Waals surface area contributed by atoms with E-state index < -0.39 is 15.7 Å². The molecule has 2 N–H and O–H groups in total. The van der Waals surface area contributed by atoms with Crippen LogP contribution in [0.5, 0.6) is 0 Å². The van der Waals surface area contributed by atoms with Gasteiger partial charge < -0.3 is 15.0 Å². The molecule has 1 spiro atoms. The Morgan fingerprint density at radius 3 is 2.89 bits per heavy atom. The number of aliphatic hydroxyl groups is 1. The van der Waals surface area contributed by atoms with Gasteiger partial charge in [-0.3, -0.25) is 0 Å². The molecule has 27 heavy (non-hydrogen) atoms. The largest absolute Gasteiger partial charge is 0.395 e. The summed E-state index contributed by atoms with van der Waals surface area (Å²) in [7, 11) is -3.81. The van der Waals surface area contributed by atoms with E-state index in [1.165, 1.54) is 10.6 Å². The van der Waals surface area contributed by atoms with Gasteiger partial charge in [-0.05, 0) is 18.9 Å². The van der Waals surface area contributed by atoms with Crippen molar-refractivity contribution in [3.63, 3.8) is 0 Å². The van der Waals surface area contributed by atoms with Crippen LogP contribution in [0.2, 0.25) is 0 Å². The fraction of sp³-hybridized carbons (Fsp3) is 0.562. The van der Waals surface area contributed by atoms with Gasteiger partial charge in [0.25, 0.3) is 10.2 Å². The molecule has 2 aromatic heterocycles. The first-order valence-corrected chi connectivity index (χ1v) is 10.2. The molecule has 0 bridgehead atoms. The first-order valence-electron chi connectivity index (χ1n) is 8.81. The number of fused-ring (bicyclic) bond motifs is 1. The molecule has 10 nitrogen and oxygen atoms in total. The Kier molecular flexibility index (Phi) is 4.51. The van der Waals surface area contributed by atoms with E-state index in [-0.39, 0.29) is 19.7 Å². The maximum atomic E-state index is 13.1. The molecule has 0 amide bonds. The number of nitrogens with zero attached hydrogens (tertiary/aromatic N) is 6. The first-order chi connectivity index (χ1) is 13.0. The average Bonchev–Trinajstić information content (AvgIpc) is 3.23. The zero-order chi connectivity index (χ0) is 19.1. The molecule has 0 unspecified atom stereocenters. The van der Waals surface area contributed by atoms with Crippen molar-refractivity contribution in [2.75, 3.05) is 44.2 Å². The summed E-state index contributed by atoms with van der Waals surface area (Å²) >= 11 is 0. The summed E-state index contributed by atoms with van der Waals surface area (Å²) in [5.74, 6) is 0.800. The lowest BCUT2D eigenvalue weighted by Gasteiger charge is -2.43. The number of aliphatic hydroxyl groups excluding tert-OH is 1. The lowest BCUT2D eigenvalue weighted by Crippen LogP contribution is -2.60. The lowest BCUT2D eigenvalue weighted by atomic mass is 10.2. The maximum absolute atomic E-state index is 13.1.